The highest BCUT2D eigenvalue weighted by Gasteiger charge is 2.20. The number of nitrogens with one attached hydrogen (secondary N) is 1. The van der Waals surface area contributed by atoms with Crippen molar-refractivity contribution in [1.82, 2.24) is 5.32 Å². The van der Waals surface area contributed by atoms with Gasteiger partial charge in [0.15, 0.2) is 0 Å². The van der Waals surface area contributed by atoms with Crippen molar-refractivity contribution in [3.8, 4) is 0 Å². The first-order valence-electron chi connectivity index (χ1n) is 7.66. The zero-order valence-electron chi connectivity index (χ0n) is 12.6. The van der Waals surface area contributed by atoms with E-state index < -0.39 is 6.10 Å². The summed E-state index contributed by atoms with van der Waals surface area (Å²) in [7, 11) is 0. The maximum Gasteiger partial charge on any atom is 0.0897 e. The van der Waals surface area contributed by atoms with Crippen molar-refractivity contribution < 1.29 is 14.9 Å². The second-order valence-electron chi connectivity index (χ2n) is 6.32. The van der Waals surface area contributed by atoms with Crippen LogP contribution in [0.15, 0.2) is 0 Å². The summed E-state index contributed by atoms with van der Waals surface area (Å²) in [5.41, 5.74) is 0. The SMILES string of the molecule is CC1CCCC(OCC(O)CN[C@H](CO)C(C)C)C1. The van der Waals surface area contributed by atoms with Crippen molar-refractivity contribution >= 4 is 0 Å². The molecule has 0 heterocycles. The third-order valence-electron chi connectivity index (χ3n) is 4.03. The quantitative estimate of drug-likeness (QED) is 0.628. The number of aliphatic hydroxyl groups is 2. The maximum atomic E-state index is 9.90. The first-order valence-corrected chi connectivity index (χ1v) is 7.66. The molecule has 0 aromatic carbocycles. The highest BCUT2D eigenvalue weighted by molar-refractivity contribution is 4.73. The predicted octanol–water partition coefficient (Wildman–Crippen LogP) is 1.55. The Morgan fingerprint density at radius 1 is 1.32 bits per heavy atom. The van der Waals surface area contributed by atoms with Crippen LogP contribution in [0.4, 0.5) is 0 Å². The van der Waals surface area contributed by atoms with Crippen LogP contribution < -0.4 is 5.32 Å². The summed E-state index contributed by atoms with van der Waals surface area (Å²) in [4.78, 5) is 0. The fourth-order valence-corrected chi connectivity index (χ4v) is 2.63. The van der Waals surface area contributed by atoms with Gasteiger partial charge in [-0.25, -0.2) is 0 Å². The van der Waals surface area contributed by atoms with E-state index in [4.69, 9.17) is 4.74 Å². The number of hydrogen-bond donors (Lipinski definition) is 3. The van der Waals surface area contributed by atoms with Gasteiger partial charge in [0.25, 0.3) is 0 Å². The van der Waals surface area contributed by atoms with Crippen molar-refractivity contribution in [3.05, 3.63) is 0 Å². The molecule has 1 aliphatic carbocycles. The summed E-state index contributed by atoms with van der Waals surface area (Å²) in [5.74, 6) is 1.10. The average molecular weight is 273 g/mol. The van der Waals surface area contributed by atoms with Crippen LogP contribution in [0, 0.1) is 11.8 Å². The Kier molecular flexibility index (Phi) is 7.91. The van der Waals surface area contributed by atoms with Gasteiger partial charge in [0.1, 0.15) is 0 Å². The van der Waals surface area contributed by atoms with Crippen molar-refractivity contribution in [2.45, 2.75) is 64.7 Å². The molecular weight excluding hydrogens is 242 g/mol. The van der Waals surface area contributed by atoms with Gasteiger partial charge in [0.2, 0.25) is 0 Å². The van der Waals surface area contributed by atoms with Gasteiger partial charge in [0, 0.05) is 12.6 Å². The molecule has 114 valence electrons. The monoisotopic (exact) mass is 273 g/mol. The Balaban J connectivity index is 2.15. The van der Waals surface area contributed by atoms with E-state index in [1.807, 2.05) is 0 Å². The van der Waals surface area contributed by atoms with Crippen LogP contribution in [0.1, 0.15) is 46.5 Å². The molecule has 0 spiro atoms. The lowest BCUT2D eigenvalue weighted by molar-refractivity contribution is -0.0319. The zero-order valence-corrected chi connectivity index (χ0v) is 12.6. The summed E-state index contributed by atoms with van der Waals surface area (Å²) in [6.07, 6.45) is 4.60. The van der Waals surface area contributed by atoms with E-state index in [0.29, 0.717) is 25.2 Å². The van der Waals surface area contributed by atoms with Crippen molar-refractivity contribution in [2.75, 3.05) is 19.8 Å². The lowest BCUT2D eigenvalue weighted by Crippen LogP contribution is -2.42. The molecule has 1 rings (SSSR count). The largest absolute Gasteiger partial charge is 0.395 e. The Bertz CT molecular complexity index is 235. The van der Waals surface area contributed by atoms with E-state index in [1.165, 1.54) is 12.8 Å². The second-order valence-corrected chi connectivity index (χ2v) is 6.32. The van der Waals surface area contributed by atoms with Crippen molar-refractivity contribution in [3.63, 3.8) is 0 Å². The Morgan fingerprint density at radius 3 is 2.63 bits per heavy atom. The first-order chi connectivity index (χ1) is 9.02. The Labute approximate surface area is 117 Å². The van der Waals surface area contributed by atoms with E-state index in [-0.39, 0.29) is 12.6 Å². The van der Waals surface area contributed by atoms with Crippen molar-refractivity contribution in [1.29, 1.82) is 0 Å². The van der Waals surface area contributed by atoms with Gasteiger partial charge < -0.3 is 20.3 Å². The molecule has 3 N–H and O–H groups in total. The summed E-state index contributed by atoms with van der Waals surface area (Å²) in [6, 6.07) is 0.0457. The molecule has 1 fully saturated rings. The standard InChI is InChI=1S/C15H31NO3/c1-11(2)15(9-17)16-8-13(18)10-19-14-6-4-5-12(3)7-14/h11-18H,4-10H2,1-3H3/t12?,13?,14?,15-/m1/s1. The molecule has 0 aromatic rings. The van der Waals surface area contributed by atoms with Crippen LogP contribution in [0.2, 0.25) is 0 Å². The van der Waals surface area contributed by atoms with Crippen LogP contribution in [-0.4, -0.2) is 48.2 Å². The van der Waals surface area contributed by atoms with Crippen LogP contribution in [0.5, 0.6) is 0 Å². The van der Waals surface area contributed by atoms with Gasteiger partial charge in [-0.1, -0.05) is 33.6 Å². The van der Waals surface area contributed by atoms with Gasteiger partial charge in [-0.15, -0.1) is 0 Å². The number of rotatable bonds is 8. The number of aliphatic hydroxyl groups excluding tert-OH is 2. The van der Waals surface area contributed by atoms with E-state index >= 15 is 0 Å². The molecule has 19 heavy (non-hydrogen) atoms. The fraction of sp³-hybridized carbons (Fsp3) is 1.00. The average Bonchev–Trinajstić information content (AvgIpc) is 2.37. The van der Waals surface area contributed by atoms with Gasteiger partial charge in [-0.3, -0.25) is 0 Å². The molecule has 0 aromatic heterocycles. The van der Waals surface area contributed by atoms with Crippen LogP contribution in [0.3, 0.4) is 0 Å². The number of hydrogen-bond acceptors (Lipinski definition) is 4. The van der Waals surface area contributed by atoms with E-state index in [0.717, 1.165) is 18.8 Å². The molecule has 4 atom stereocenters. The van der Waals surface area contributed by atoms with Crippen LogP contribution in [0.25, 0.3) is 0 Å². The zero-order chi connectivity index (χ0) is 14.3. The lowest BCUT2D eigenvalue weighted by atomic mass is 9.89. The van der Waals surface area contributed by atoms with Gasteiger partial charge in [-0.2, -0.15) is 0 Å². The highest BCUT2D eigenvalue weighted by Crippen LogP contribution is 2.25. The third-order valence-corrected chi connectivity index (χ3v) is 4.03. The molecule has 0 bridgehead atoms. The molecular formula is C15H31NO3. The summed E-state index contributed by atoms with van der Waals surface area (Å²) < 4.78 is 5.79. The predicted molar refractivity (Wildman–Crippen MR) is 77.1 cm³/mol. The Morgan fingerprint density at radius 2 is 2.05 bits per heavy atom. The molecule has 1 saturated carbocycles. The van der Waals surface area contributed by atoms with Crippen LogP contribution >= 0.6 is 0 Å². The topological polar surface area (TPSA) is 61.7 Å². The minimum atomic E-state index is -0.495. The summed E-state index contributed by atoms with van der Waals surface area (Å²) in [5, 5.41) is 22.3. The van der Waals surface area contributed by atoms with Gasteiger partial charge in [-0.05, 0) is 24.7 Å². The molecule has 4 heteroatoms. The molecule has 1 aliphatic rings. The normalized spacial score (nSPS) is 27.5. The minimum Gasteiger partial charge on any atom is -0.395 e. The van der Waals surface area contributed by atoms with E-state index in [1.54, 1.807) is 0 Å². The van der Waals surface area contributed by atoms with Gasteiger partial charge >= 0.3 is 0 Å². The second kappa shape index (κ2) is 8.90. The Hall–Kier alpha value is -0.160. The molecule has 0 aliphatic heterocycles. The number of ether oxygens (including phenoxy) is 1. The molecule has 0 saturated heterocycles. The molecule has 0 amide bonds. The maximum absolute atomic E-state index is 9.90. The smallest absolute Gasteiger partial charge is 0.0897 e. The first kappa shape index (κ1) is 16.9. The fourth-order valence-electron chi connectivity index (χ4n) is 2.63. The molecule has 3 unspecified atom stereocenters. The minimum absolute atomic E-state index is 0.0457. The van der Waals surface area contributed by atoms with E-state index in [2.05, 4.69) is 26.1 Å². The third kappa shape index (κ3) is 6.70. The van der Waals surface area contributed by atoms with E-state index in [9.17, 15) is 10.2 Å². The van der Waals surface area contributed by atoms with Crippen LogP contribution in [-0.2, 0) is 4.74 Å². The van der Waals surface area contributed by atoms with Crippen molar-refractivity contribution in [2.24, 2.45) is 11.8 Å². The molecule has 0 radical (unpaired) electrons. The summed E-state index contributed by atoms with van der Waals surface area (Å²) in [6.45, 7) is 7.35. The van der Waals surface area contributed by atoms with Gasteiger partial charge in [0.05, 0.1) is 25.4 Å². The highest BCUT2D eigenvalue weighted by atomic mass is 16.5. The molecule has 4 nitrogen and oxygen atoms in total. The summed E-state index contributed by atoms with van der Waals surface area (Å²) >= 11 is 0. The lowest BCUT2D eigenvalue weighted by Gasteiger charge is -2.28.